The van der Waals surface area contributed by atoms with Crippen LogP contribution in [-0.2, 0) is 9.53 Å². The van der Waals surface area contributed by atoms with E-state index in [1.807, 2.05) is 0 Å². The zero-order valence-corrected chi connectivity index (χ0v) is 16.2. The Kier molecular flexibility index (Phi) is 16.7. The summed E-state index contributed by atoms with van der Waals surface area (Å²) in [5, 5.41) is 14.1. The summed E-state index contributed by atoms with van der Waals surface area (Å²) in [6.07, 6.45) is 13.4. The van der Waals surface area contributed by atoms with Gasteiger partial charge >= 0.3 is 5.97 Å². The second-order valence-electron chi connectivity index (χ2n) is 6.78. The fourth-order valence-corrected chi connectivity index (χ4v) is 2.97. The van der Waals surface area contributed by atoms with Crippen LogP contribution in [0.3, 0.4) is 0 Å². The summed E-state index contributed by atoms with van der Waals surface area (Å²) in [5.41, 5.74) is 8.70. The average Bonchev–Trinajstić information content (AvgIpc) is 2.62. The van der Waals surface area contributed by atoms with Crippen molar-refractivity contribution in [3.8, 4) is 0 Å². The molecule has 0 rings (SSSR count). The number of ether oxygens (including phenoxy) is 1. The lowest BCUT2D eigenvalue weighted by molar-refractivity contribution is -0.140. The molecule has 25 heavy (non-hydrogen) atoms. The van der Waals surface area contributed by atoms with Gasteiger partial charge in [0.1, 0.15) is 0 Å². The summed E-state index contributed by atoms with van der Waals surface area (Å²) in [5.74, 6) is -0.151. The van der Waals surface area contributed by atoms with Gasteiger partial charge < -0.3 is 9.84 Å². The summed E-state index contributed by atoms with van der Waals surface area (Å²) in [4.78, 5) is 13.9. The van der Waals surface area contributed by atoms with Crippen LogP contribution in [0.25, 0.3) is 10.4 Å². The van der Waals surface area contributed by atoms with Crippen molar-refractivity contribution in [1.29, 1.82) is 0 Å². The number of carbonyl (C=O) groups is 1. The largest absolute Gasteiger partial charge is 0.469 e. The van der Waals surface area contributed by atoms with E-state index in [0.29, 0.717) is 12.8 Å². The van der Waals surface area contributed by atoms with Crippen molar-refractivity contribution in [2.75, 3.05) is 7.11 Å². The van der Waals surface area contributed by atoms with Crippen molar-refractivity contribution in [3.63, 3.8) is 0 Å². The molecule has 0 fully saturated rings. The monoisotopic (exact) mass is 355 g/mol. The molecule has 6 nitrogen and oxygen atoms in total. The molecular formula is C19H37N3O3. The molecule has 0 aromatic heterocycles. The number of unbranched alkanes of at least 4 members (excludes halogenated alkanes) is 9. The van der Waals surface area contributed by atoms with Gasteiger partial charge in [-0.3, -0.25) is 4.79 Å². The lowest BCUT2D eigenvalue weighted by Gasteiger charge is -2.18. The van der Waals surface area contributed by atoms with Crippen LogP contribution in [0.5, 0.6) is 0 Å². The van der Waals surface area contributed by atoms with Gasteiger partial charge in [0, 0.05) is 11.3 Å². The molecular weight excluding hydrogens is 318 g/mol. The van der Waals surface area contributed by atoms with E-state index < -0.39 is 6.10 Å². The predicted molar refractivity (Wildman–Crippen MR) is 101 cm³/mol. The third kappa shape index (κ3) is 14.8. The van der Waals surface area contributed by atoms with Crippen LogP contribution >= 0.6 is 0 Å². The Labute approximate surface area is 153 Å². The molecule has 0 bridgehead atoms. The standard InChI is InChI=1S/C19H37N3O3/c1-3-4-5-6-8-11-14-17(21-22-20)18(23)15-12-9-7-10-13-16-19(24)25-2/h17-18,23H,3-16H2,1-2H3. The SMILES string of the molecule is CCCCCCCCC(N=[N+]=[N-])C(O)CCCCCCCC(=O)OC. The van der Waals surface area contributed by atoms with E-state index in [1.165, 1.54) is 32.8 Å². The first-order chi connectivity index (χ1) is 12.2. The first-order valence-corrected chi connectivity index (χ1v) is 9.94. The fraction of sp³-hybridized carbons (Fsp3) is 0.947. The number of esters is 1. The predicted octanol–water partition coefficient (Wildman–Crippen LogP) is 5.68. The molecule has 2 atom stereocenters. The number of aliphatic hydroxyl groups excluding tert-OH is 1. The number of azide groups is 1. The van der Waals surface area contributed by atoms with Gasteiger partial charge in [-0.25, -0.2) is 0 Å². The van der Waals surface area contributed by atoms with Gasteiger partial charge in [0.05, 0.1) is 19.3 Å². The Balaban J connectivity index is 3.76. The van der Waals surface area contributed by atoms with Gasteiger partial charge in [-0.15, -0.1) is 0 Å². The molecule has 0 saturated carbocycles. The van der Waals surface area contributed by atoms with Crippen molar-refractivity contribution in [2.45, 2.75) is 109 Å². The molecule has 0 heterocycles. The van der Waals surface area contributed by atoms with Gasteiger partial charge in [-0.05, 0) is 24.8 Å². The van der Waals surface area contributed by atoms with Crippen molar-refractivity contribution < 1.29 is 14.6 Å². The van der Waals surface area contributed by atoms with Crippen molar-refractivity contribution in [2.24, 2.45) is 5.11 Å². The molecule has 0 radical (unpaired) electrons. The summed E-state index contributed by atoms with van der Waals surface area (Å²) in [7, 11) is 1.41. The molecule has 0 aliphatic heterocycles. The number of hydrogen-bond donors (Lipinski definition) is 1. The minimum absolute atomic E-state index is 0.151. The third-order valence-electron chi connectivity index (χ3n) is 4.61. The lowest BCUT2D eigenvalue weighted by Crippen LogP contribution is -2.23. The van der Waals surface area contributed by atoms with E-state index in [0.717, 1.165) is 51.4 Å². The molecule has 0 aromatic rings. The zero-order chi connectivity index (χ0) is 18.8. The summed E-state index contributed by atoms with van der Waals surface area (Å²) in [6.45, 7) is 2.20. The molecule has 0 spiro atoms. The first-order valence-electron chi connectivity index (χ1n) is 9.94. The number of rotatable bonds is 17. The Morgan fingerprint density at radius 2 is 1.56 bits per heavy atom. The highest BCUT2D eigenvalue weighted by Crippen LogP contribution is 2.17. The fourth-order valence-electron chi connectivity index (χ4n) is 2.97. The first kappa shape index (κ1) is 23.7. The van der Waals surface area contributed by atoms with Crippen LogP contribution in [0.1, 0.15) is 96.8 Å². The summed E-state index contributed by atoms with van der Waals surface area (Å²) < 4.78 is 4.61. The van der Waals surface area contributed by atoms with Crippen LogP contribution in [-0.4, -0.2) is 30.3 Å². The molecule has 1 N–H and O–H groups in total. The Bertz CT molecular complexity index is 371. The third-order valence-corrected chi connectivity index (χ3v) is 4.61. The maximum absolute atomic E-state index is 11.0. The van der Waals surface area contributed by atoms with Crippen LogP contribution in [0.4, 0.5) is 0 Å². The highest BCUT2D eigenvalue weighted by Gasteiger charge is 2.16. The van der Waals surface area contributed by atoms with Crippen LogP contribution < -0.4 is 0 Å². The molecule has 6 heteroatoms. The summed E-state index contributed by atoms with van der Waals surface area (Å²) in [6, 6.07) is -0.296. The maximum atomic E-state index is 11.0. The quantitative estimate of drug-likeness (QED) is 0.119. The molecule has 2 unspecified atom stereocenters. The van der Waals surface area contributed by atoms with E-state index in [9.17, 15) is 9.90 Å². The molecule has 0 aromatic carbocycles. The topological polar surface area (TPSA) is 95.3 Å². The van der Waals surface area contributed by atoms with E-state index in [4.69, 9.17) is 5.53 Å². The van der Waals surface area contributed by atoms with Crippen LogP contribution in [0.2, 0.25) is 0 Å². The summed E-state index contributed by atoms with van der Waals surface area (Å²) >= 11 is 0. The lowest BCUT2D eigenvalue weighted by atomic mass is 9.98. The smallest absolute Gasteiger partial charge is 0.305 e. The van der Waals surface area contributed by atoms with Gasteiger partial charge in [0.25, 0.3) is 0 Å². The Morgan fingerprint density at radius 3 is 2.16 bits per heavy atom. The molecule has 0 amide bonds. The number of aliphatic hydroxyl groups is 1. The van der Waals surface area contributed by atoms with Gasteiger partial charge in [0.15, 0.2) is 0 Å². The number of carbonyl (C=O) groups excluding carboxylic acids is 1. The maximum Gasteiger partial charge on any atom is 0.305 e. The molecule has 0 saturated heterocycles. The van der Waals surface area contributed by atoms with Crippen molar-refractivity contribution in [1.82, 2.24) is 0 Å². The minimum atomic E-state index is -0.540. The van der Waals surface area contributed by atoms with Gasteiger partial charge in [0.2, 0.25) is 0 Å². The minimum Gasteiger partial charge on any atom is -0.469 e. The van der Waals surface area contributed by atoms with E-state index >= 15 is 0 Å². The van der Waals surface area contributed by atoms with Crippen LogP contribution in [0, 0.1) is 0 Å². The second-order valence-corrected chi connectivity index (χ2v) is 6.78. The highest BCUT2D eigenvalue weighted by molar-refractivity contribution is 5.68. The number of methoxy groups -OCH3 is 1. The Hall–Kier alpha value is -1.26. The molecule has 146 valence electrons. The van der Waals surface area contributed by atoms with Crippen LogP contribution in [0.15, 0.2) is 5.11 Å². The normalized spacial score (nSPS) is 13.1. The highest BCUT2D eigenvalue weighted by atomic mass is 16.5. The van der Waals surface area contributed by atoms with Crippen molar-refractivity contribution in [3.05, 3.63) is 10.4 Å². The zero-order valence-electron chi connectivity index (χ0n) is 16.2. The number of hydrogen-bond acceptors (Lipinski definition) is 4. The van der Waals surface area contributed by atoms with E-state index in [2.05, 4.69) is 21.7 Å². The van der Waals surface area contributed by atoms with Gasteiger partial charge in [-0.1, -0.05) is 76.2 Å². The van der Waals surface area contributed by atoms with Crippen molar-refractivity contribution >= 4 is 5.97 Å². The van der Waals surface area contributed by atoms with E-state index in [-0.39, 0.29) is 12.0 Å². The van der Waals surface area contributed by atoms with Gasteiger partial charge in [-0.2, -0.15) is 0 Å². The molecule has 0 aliphatic rings. The average molecular weight is 356 g/mol. The molecule has 0 aliphatic carbocycles. The Morgan fingerprint density at radius 1 is 1.00 bits per heavy atom. The second kappa shape index (κ2) is 17.6. The number of nitrogens with zero attached hydrogens (tertiary/aromatic N) is 3. The van der Waals surface area contributed by atoms with E-state index in [1.54, 1.807) is 0 Å².